The molecule has 0 atom stereocenters. The molecule has 0 bridgehead atoms. The van der Waals surface area contributed by atoms with E-state index in [1.54, 1.807) is 0 Å². The Labute approximate surface area is 141 Å². The van der Waals surface area contributed by atoms with Crippen molar-refractivity contribution in [1.82, 2.24) is 9.97 Å². The Kier molecular flexibility index (Phi) is 4.22. The van der Waals surface area contributed by atoms with Gasteiger partial charge in [-0.2, -0.15) is 0 Å². The third kappa shape index (κ3) is 2.95. The lowest BCUT2D eigenvalue weighted by molar-refractivity contribution is -0.922. The predicted octanol–water partition coefficient (Wildman–Crippen LogP) is 1.32. The minimum absolute atomic E-state index is 0.855. The van der Waals surface area contributed by atoms with Gasteiger partial charge in [0.15, 0.2) is 5.82 Å². The zero-order valence-electron chi connectivity index (χ0n) is 14.0. The van der Waals surface area contributed by atoms with E-state index < -0.39 is 0 Å². The molecule has 2 aliphatic heterocycles. The Morgan fingerprint density at radius 3 is 2.61 bits per heavy atom. The van der Waals surface area contributed by atoms with Crippen LogP contribution in [0.3, 0.4) is 0 Å². The Morgan fingerprint density at radius 1 is 1.13 bits per heavy atom. The summed E-state index contributed by atoms with van der Waals surface area (Å²) in [7, 11) is 0. The van der Waals surface area contributed by atoms with E-state index in [4.69, 9.17) is 14.7 Å². The van der Waals surface area contributed by atoms with Gasteiger partial charge in [0.25, 0.3) is 0 Å². The number of anilines is 1. The Hall–Kier alpha value is -1.24. The van der Waals surface area contributed by atoms with Crippen molar-refractivity contribution in [3.63, 3.8) is 0 Å². The highest BCUT2D eigenvalue weighted by Gasteiger charge is 2.23. The van der Waals surface area contributed by atoms with Gasteiger partial charge in [-0.15, -0.1) is 11.3 Å². The van der Waals surface area contributed by atoms with E-state index in [1.807, 2.05) is 11.3 Å². The molecule has 124 valence electrons. The van der Waals surface area contributed by atoms with Crippen LogP contribution in [-0.2, 0) is 11.3 Å². The summed E-state index contributed by atoms with van der Waals surface area (Å²) in [6.07, 6.45) is 2.55. The van der Waals surface area contributed by atoms with E-state index in [1.165, 1.54) is 44.2 Å². The quantitative estimate of drug-likeness (QED) is 0.920. The number of aromatic nitrogens is 2. The third-order valence-electron chi connectivity index (χ3n) is 5.07. The van der Waals surface area contributed by atoms with E-state index in [2.05, 4.69) is 18.7 Å². The van der Waals surface area contributed by atoms with Crippen LogP contribution in [0, 0.1) is 13.8 Å². The Bertz CT molecular complexity index is 702. The highest BCUT2D eigenvalue weighted by molar-refractivity contribution is 7.18. The largest absolute Gasteiger partial charge is 0.370 e. The van der Waals surface area contributed by atoms with Crippen molar-refractivity contribution in [2.75, 3.05) is 44.3 Å². The van der Waals surface area contributed by atoms with Crippen LogP contribution in [0.15, 0.2) is 0 Å². The van der Waals surface area contributed by atoms with Gasteiger partial charge in [-0.25, -0.2) is 9.97 Å². The van der Waals surface area contributed by atoms with Crippen LogP contribution >= 0.6 is 11.3 Å². The molecule has 6 heteroatoms. The van der Waals surface area contributed by atoms with Crippen LogP contribution in [0.25, 0.3) is 10.2 Å². The number of morpholine rings is 1. The molecule has 2 saturated heterocycles. The van der Waals surface area contributed by atoms with Crippen molar-refractivity contribution in [2.24, 2.45) is 0 Å². The van der Waals surface area contributed by atoms with Gasteiger partial charge in [0, 0.05) is 18.0 Å². The summed E-state index contributed by atoms with van der Waals surface area (Å²) in [6, 6.07) is 0. The fourth-order valence-electron chi connectivity index (χ4n) is 3.57. The minimum Gasteiger partial charge on any atom is -0.370 e. The van der Waals surface area contributed by atoms with Gasteiger partial charge in [-0.3, -0.25) is 0 Å². The van der Waals surface area contributed by atoms with Crippen molar-refractivity contribution >= 4 is 27.4 Å². The number of quaternary nitrogens is 1. The summed E-state index contributed by atoms with van der Waals surface area (Å²) >= 11 is 1.82. The smallest absolute Gasteiger partial charge is 0.187 e. The van der Waals surface area contributed by atoms with E-state index in [0.717, 1.165) is 51.8 Å². The molecular formula is C17H25N4OS+. The molecule has 2 aromatic heterocycles. The molecule has 23 heavy (non-hydrogen) atoms. The fraction of sp³-hybridized carbons (Fsp3) is 0.647. The maximum absolute atomic E-state index is 5.46. The lowest BCUT2D eigenvalue weighted by atomic mass is 10.2. The maximum atomic E-state index is 5.46. The van der Waals surface area contributed by atoms with E-state index in [9.17, 15) is 0 Å². The molecule has 0 radical (unpaired) electrons. The van der Waals surface area contributed by atoms with Crippen molar-refractivity contribution in [2.45, 2.75) is 33.2 Å². The molecule has 1 N–H and O–H groups in total. The number of hydrogen-bond acceptors (Lipinski definition) is 5. The summed E-state index contributed by atoms with van der Waals surface area (Å²) in [5, 5.41) is 1.29. The van der Waals surface area contributed by atoms with Crippen molar-refractivity contribution in [1.29, 1.82) is 0 Å². The number of thiophene rings is 1. The monoisotopic (exact) mass is 333 g/mol. The molecule has 0 aromatic carbocycles. The molecule has 0 saturated carbocycles. The average molecular weight is 333 g/mol. The Balaban J connectivity index is 1.73. The van der Waals surface area contributed by atoms with E-state index in [-0.39, 0.29) is 0 Å². The van der Waals surface area contributed by atoms with Crippen molar-refractivity contribution in [3.05, 3.63) is 16.3 Å². The topological polar surface area (TPSA) is 42.7 Å². The molecule has 4 rings (SSSR count). The summed E-state index contributed by atoms with van der Waals surface area (Å²) in [4.78, 5) is 16.4. The number of nitrogens with one attached hydrogen (secondary N) is 1. The van der Waals surface area contributed by atoms with Gasteiger partial charge in [-0.05, 0) is 32.3 Å². The zero-order chi connectivity index (χ0) is 15.8. The van der Waals surface area contributed by atoms with Crippen LogP contribution in [0.5, 0.6) is 0 Å². The van der Waals surface area contributed by atoms with Crippen molar-refractivity contribution in [3.8, 4) is 0 Å². The maximum Gasteiger partial charge on any atom is 0.187 e. The highest BCUT2D eigenvalue weighted by Crippen LogP contribution is 2.35. The van der Waals surface area contributed by atoms with Crippen LogP contribution in [-0.4, -0.2) is 49.4 Å². The van der Waals surface area contributed by atoms with Gasteiger partial charge in [0.05, 0.1) is 18.6 Å². The molecule has 0 unspecified atom stereocenters. The van der Waals surface area contributed by atoms with Gasteiger partial charge >= 0.3 is 0 Å². The first-order valence-corrected chi connectivity index (χ1v) is 9.47. The second-order valence-electron chi connectivity index (χ2n) is 6.66. The number of rotatable bonds is 3. The average Bonchev–Trinajstić information content (AvgIpc) is 3.17. The SMILES string of the molecule is Cc1sc2nc(C[NH+]3CCOCC3)nc(N3CCCC3)c2c1C. The lowest BCUT2D eigenvalue weighted by Gasteiger charge is -2.24. The number of aryl methyl sites for hydroxylation is 2. The van der Waals surface area contributed by atoms with E-state index >= 15 is 0 Å². The summed E-state index contributed by atoms with van der Waals surface area (Å²) in [5.74, 6) is 2.18. The standard InChI is InChI=1S/C17H24N4OS/c1-12-13(2)23-17-15(12)16(21-5-3-4-6-21)18-14(19-17)11-20-7-9-22-10-8-20/h3-11H2,1-2H3/p+1. The number of nitrogens with zero attached hydrogens (tertiary/aromatic N) is 3. The molecule has 0 spiro atoms. The summed E-state index contributed by atoms with van der Waals surface area (Å²) < 4.78 is 5.46. The van der Waals surface area contributed by atoms with Crippen LogP contribution in [0.1, 0.15) is 29.1 Å². The van der Waals surface area contributed by atoms with Gasteiger partial charge in [-0.1, -0.05) is 0 Å². The fourth-order valence-corrected chi connectivity index (χ4v) is 4.61. The molecule has 0 amide bonds. The molecule has 2 aromatic rings. The Morgan fingerprint density at radius 2 is 1.87 bits per heavy atom. The molecule has 2 fully saturated rings. The minimum atomic E-state index is 0.855. The first kappa shape index (κ1) is 15.3. The number of hydrogen-bond donors (Lipinski definition) is 1. The first-order valence-electron chi connectivity index (χ1n) is 8.65. The van der Waals surface area contributed by atoms with Crippen LogP contribution in [0.4, 0.5) is 5.82 Å². The van der Waals surface area contributed by atoms with Gasteiger partial charge in [0.2, 0.25) is 0 Å². The predicted molar refractivity (Wildman–Crippen MR) is 93.6 cm³/mol. The molecule has 5 nitrogen and oxygen atoms in total. The van der Waals surface area contributed by atoms with Crippen LogP contribution in [0.2, 0.25) is 0 Å². The van der Waals surface area contributed by atoms with Crippen molar-refractivity contribution < 1.29 is 9.64 Å². The highest BCUT2D eigenvalue weighted by atomic mass is 32.1. The van der Waals surface area contributed by atoms with Gasteiger partial charge in [0.1, 0.15) is 30.3 Å². The second kappa shape index (κ2) is 6.34. The van der Waals surface area contributed by atoms with Crippen LogP contribution < -0.4 is 9.80 Å². The number of ether oxygens (including phenoxy) is 1. The first-order chi connectivity index (χ1) is 11.2. The van der Waals surface area contributed by atoms with Gasteiger partial charge < -0.3 is 14.5 Å². The summed E-state index contributed by atoms with van der Waals surface area (Å²) in [5.41, 5.74) is 1.36. The third-order valence-corrected chi connectivity index (χ3v) is 6.17. The molecular weight excluding hydrogens is 308 g/mol. The lowest BCUT2D eigenvalue weighted by Crippen LogP contribution is -3.12. The zero-order valence-corrected chi connectivity index (χ0v) is 14.8. The molecule has 0 aliphatic carbocycles. The number of fused-ring (bicyclic) bond motifs is 1. The summed E-state index contributed by atoms with van der Waals surface area (Å²) in [6.45, 7) is 11.4. The normalized spacial score (nSPS) is 19.8. The molecule has 2 aliphatic rings. The van der Waals surface area contributed by atoms with E-state index in [0.29, 0.717) is 0 Å². The second-order valence-corrected chi connectivity index (χ2v) is 7.86. The molecule has 4 heterocycles.